The first kappa shape index (κ1) is 17.2. The van der Waals surface area contributed by atoms with E-state index in [9.17, 15) is 0 Å². The zero-order valence-electron chi connectivity index (χ0n) is 14.0. The Hall–Kier alpha value is -0.120. The number of piperidine rings is 1. The van der Waals surface area contributed by atoms with Crippen molar-refractivity contribution in [1.82, 2.24) is 10.2 Å². The van der Waals surface area contributed by atoms with Gasteiger partial charge in [0.1, 0.15) is 0 Å². The minimum Gasteiger partial charge on any atom is -0.396 e. The number of likely N-dealkylation sites (tertiary alicyclic amines) is 1. The highest BCUT2D eigenvalue weighted by atomic mass is 16.3. The van der Waals surface area contributed by atoms with Gasteiger partial charge in [0, 0.05) is 12.6 Å². The Bertz CT molecular complexity index is 255. The predicted octanol–water partition coefficient (Wildman–Crippen LogP) is 3.03. The molecule has 1 aliphatic carbocycles. The van der Waals surface area contributed by atoms with E-state index >= 15 is 0 Å². The monoisotopic (exact) mass is 296 g/mol. The van der Waals surface area contributed by atoms with E-state index in [-0.39, 0.29) is 0 Å². The highest BCUT2D eigenvalue weighted by molar-refractivity contribution is 4.80. The van der Waals surface area contributed by atoms with E-state index in [0.717, 1.165) is 18.3 Å². The Morgan fingerprint density at radius 3 is 2.29 bits per heavy atom. The quantitative estimate of drug-likeness (QED) is 0.723. The molecule has 0 aromatic heterocycles. The summed E-state index contributed by atoms with van der Waals surface area (Å²) in [6, 6.07) is 0.495. The van der Waals surface area contributed by atoms with Gasteiger partial charge in [-0.05, 0) is 70.6 Å². The molecule has 0 aromatic rings. The van der Waals surface area contributed by atoms with Gasteiger partial charge in [0.25, 0.3) is 0 Å². The van der Waals surface area contributed by atoms with E-state index in [1.165, 1.54) is 77.4 Å². The molecule has 0 aromatic carbocycles. The highest BCUT2D eigenvalue weighted by Gasteiger charge is 2.27. The van der Waals surface area contributed by atoms with E-state index in [1.54, 1.807) is 0 Å². The molecule has 124 valence electrons. The number of aliphatic hydroxyl groups excluding tert-OH is 1. The number of nitrogens with zero attached hydrogens (tertiary/aromatic N) is 1. The van der Waals surface area contributed by atoms with Gasteiger partial charge in [-0.1, -0.05) is 32.1 Å². The molecule has 0 spiro atoms. The first-order chi connectivity index (χ1) is 10.3. The SMILES string of the molecule is CNC(CCO)CCCN1CCC(C2CCCCC2)CC1. The molecule has 0 bridgehead atoms. The van der Waals surface area contributed by atoms with Crippen LogP contribution in [0.4, 0.5) is 0 Å². The summed E-state index contributed by atoms with van der Waals surface area (Å²) in [5.74, 6) is 2.08. The van der Waals surface area contributed by atoms with Crippen LogP contribution in [-0.4, -0.2) is 49.3 Å². The predicted molar refractivity (Wildman–Crippen MR) is 89.5 cm³/mol. The molecule has 21 heavy (non-hydrogen) atoms. The molecule has 1 aliphatic heterocycles. The van der Waals surface area contributed by atoms with Crippen molar-refractivity contribution in [2.75, 3.05) is 33.3 Å². The molecule has 1 unspecified atom stereocenters. The molecule has 2 fully saturated rings. The molecule has 3 nitrogen and oxygen atoms in total. The minimum absolute atomic E-state index is 0.304. The van der Waals surface area contributed by atoms with Gasteiger partial charge < -0.3 is 15.3 Å². The Morgan fingerprint density at radius 2 is 1.67 bits per heavy atom. The summed E-state index contributed by atoms with van der Waals surface area (Å²) in [6.45, 7) is 4.20. The summed E-state index contributed by atoms with van der Waals surface area (Å²) in [5.41, 5.74) is 0. The molecule has 1 atom stereocenters. The maximum absolute atomic E-state index is 9.02. The van der Waals surface area contributed by atoms with E-state index in [2.05, 4.69) is 10.2 Å². The number of rotatable bonds is 8. The lowest BCUT2D eigenvalue weighted by Crippen LogP contribution is -2.37. The Labute approximate surface area is 131 Å². The number of aliphatic hydroxyl groups is 1. The molecule has 3 heteroatoms. The van der Waals surface area contributed by atoms with E-state index in [1.807, 2.05) is 7.05 Å². The third kappa shape index (κ3) is 5.88. The van der Waals surface area contributed by atoms with Crippen LogP contribution in [-0.2, 0) is 0 Å². The van der Waals surface area contributed by atoms with Crippen molar-refractivity contribution in [3.05, 3.63) is 0 Å². The zero-order chi connectivity index (χ0) is 14.9. The van der Waals surface area contributed by atoms with Crippen molar-refractivity contribution in [2.45, 2.75) is 70.3 Å². The van der Waals surface area contributed by atoms with Gasteiger partial charge in [-0.25, -0.2) is 0 Å². The topological polar surface area (TPSA) is 35.5 Å². The average molecular weight is 296 g/mol. The van der Waals surface area contributed by atoms with Crippen LogP contribution in [0, 0.1) is 11.8 Å². The van der Waals surface area contributed by atoms with Crippen LogP contribution in [0.15, 0.2) is 0 Å². The molecule has 1 saturated heterocycles. The first-order valence-corrected chi connectivity index (χ1v) is 9.34. The summed E-state index contributed by atoms with van der Waals surface area (Å²) in [5, 5.41) is 12.3. The van der Waals surface area contributed by atoms with Gasteiger partial charge in [0.2, 0.25) is 0 Å². The van der Waals surface area contributed by atoms with Crippen molar-refractivity contribution >= 4 is 0 Å². The van der Waals surface area contributed by atoms with E-state index in [0.29, 0.717) is 12.6 Å². The number of nitrogens with one attached hydrogen (secondary N) is 1. The van der Waals surface area contributed by atoms with Crippen LogP contribution in [0.1, 0.15) is 64.2 Å². The van der Waals surface area contributed by atoms with Gasteiger partial charge >= 0.3 is 0 Å². The van der Waals surface area contributed by atoms with Crippen molar-refractivity contribution in [3.8, 4) is 0 Å². The van der Waals surface area contributed by atoms with E-state index < -0.39 is 0 Å². The smallest absolute Gasteiger partial charge is 0.0445 e. The van der Waals surface area contributed by atoms with Crippen molar-refractivity contribution in [2.24, 2.45) is 11.8 Å². The lowest BCUT2D eigenvalue weighted by Gasteiger charge is -2.37. The largest absolute Gasteiger partial charge is 0.396 e. The van der Waals surface area contributed by atoms with Gasteiger partial charge in [-0.3, -0.25) is 0 Å². The number of hydrogen-bond donors (Lipinski definition) is 2. The molecule has 2 N–H and O–H groups in total. The molecule has 0 amide bonds. The second-order valence-corrected chi connectivity index (χ2v) is 7.22. The summed E-state index contributed by atoms with van der Waals surface area (Å²) >= 11 is 0. The fourth-order valence-electron chi connectivity index (χ4n) is 4.40. The Kier molecular flexibility index (Phi) is 8.05. The molecule has 1 heterocycles. The maximum Gasteiger partial charge on any atom is 0.0445 e. The molecule has 0 radical (unpaired) electrons. The standard InChI is InChI=1S/C18H36N2O/c1-19-18(11-15-21)8-5-12-20-13-9-17(10-14-20)16-6-3-2-4-7-16/h16-19,21H,2-15H2,1H3. The van der Waals surface area contributed by atoms with Crippen molar-refractivity contribution < 1.29 is 5.11 Å². The Balaban J connectivity index is 1.58. The van der Waals surface area contributed by atoms with Gasteiger partial charge in [-0.15, -0.1) is 0 Å². The third-order valence-corrected chi connectivity index (χ3v) is 5.86. The fraction of sp³-hybridized carbons (Fsp3) is 1.00. The lowest BCUT2D eigenvalue weighted by molar-refractivity contribution is 0.124. The second-order valence-electron chi connectivity index (χ2n) is 7.22. The van der Waals surface area contributed by atoms with Crippen LogP contribution in [0.25, 0.3) is 0 Å². The molecule has 2 rings (SSSR count). The van der Waals surface area contributed by atoms with E-state index in [4.69, 9.17) is 5.11 Å². The van der Waals surface area contributed by atoms with Crippen molar-refractivity contribution in [3.63, 3.8) is 0 Å². The fourth-order valence-corrected chi connectivity index (χ4v) is 4.40. The maximum atomic E-state index is 9.02. The highest BCUT2D eigenvalue weighted by Crippen LogP contribution is 2.35. The lowest BCUT2D eigenvalue weighted by atomic mass is 9.76. The Morgan fingerprint density at radius 1 is 1.00 bits per heavy atom. The summed E-state index contributed by atoms with van der Waals surface area (Å²) in [7, 11) is 2.01. The third-order valence-electron chi connectivity index (χ3n) is 5.86. The van der Waals surface area contributed by atoms with Crippen molar-refractivity contribution in [1.29, 1.82) is 0 Å². The normalized spacial score (nSPS) is 24.3. The van der Waals surface area contributed by atoms with Gasteiger partial charge in [0.05, 0.1) is 0 Å². The summed E-state index contributed by atoms with van der Waals surface area (Å²) < 4.78 is 0. The molecular formula is C18H36N2O. The first-order valence-electron chi connectivity index (χ1n) is 9.34. The van der Waals surface area contributed by atoms with Crippen LogP contribution < -0.4 is 5.32 Å². The summed E-state index contributed by atoms with van der Waals surface area (Å²) in [6.07, 6.45) is 13.7. The van der Waals surface area contributed by atoms with Gasteiger partial charge in [0.15, 0.2) is 0 Å². The molecular weight excluding hydrogens is 260 g/mol. The zero-order valence-corrected chi connectivity index (χ0v) is 14.0. The molecule has 2 aliphatic rings. The van der Waals surface area contributed by atoms with Crippen LogP contribution in [0.5, 0.6) is 0 Å². The molecule has 1 saturated carbocycles. The van der Waals surface area contributed by atoms with Gasteiger partial charge in [-0.2, -0.15) is 0 Å². The second kappa shape index (κ2) is 9.81. The van der Waals surface area contributed by atoms with Crippen LogP contribution >= 0.6 is 0 Å². The minimum atomic E-state index is 0.304. The van der Waals surface area contributed by atoms with Crippen LogP contribution in [0.2, 0.25) is 0 Å². The summed E-state index contributed by atoms with van der Waals surface area (Å²) in [4.78, 5) is 2.67. The average Bonchev–Trinajstić information content (AvgIpc) is 2.55. The van der Waals surface area contributed by atoms with Crippen LogP contribution in [0.3, 0.4) is 0 Å². The number of hydrogen-bond acceptors (Lipinski definition) is 3.